The first kappa shape index (κ1) is 17.4. The summed E-state index contributed by atoms with van der Waals surface area (Å²) in [5.74, 6) is 0.381. The van der Waals surface area contributed by atoms with Crippen LogP contribution in [-0.2, 0) is 11.3 Å². The molecule has 27 heavy (non-hydrogen) atoms. The van der Waals surface area contributed by atoms with Gasteiger partial charge in [0.2, 0.25) is 5.91 Å². The molecule has 0 saturated heterocycles. The van der Waals surface area contributed by atoms with Crippen LogP contribution in [-0.4, -0.2) is 21.7 Å². The molecule has 2 N–H and O–H groups in total. The quantitative estimate of drug-likeness (QED) is 0.638. The number of nitrogens with zero attached hydrogens (tertiary/aromatic N) is 2. The fraction of sp³-hybridized carbons (Fsp3) is 0.263. The van der Waals surface area contributed by atoms with Gasteiger partial charge in [0.25, 0.3) is 5.56 Å². The smallest absolute Gasteiger partial charge is 0.261 e. The van der Waals surface area contributed by atoms with E-state index in [2.05, 4.69) is 15.6 Å². The number of carbonyl (C=O) groups excluding carboxylic acids is 2. The Morgan fingerprint density at radius 1 is 1.41 bits per heavy atom. The predicted octanol–water partition coefficient (Wildman–Crippen LogP) is 3.38. The molecule has 0 unspecified atom stereocenters. The topological polar surface area (TPSA) is 93.1 Å². The molecular formula is C19H18N4O3S. The molecule has 138 valence electrons. The highest BCUT2D eigenvalue weighted by molar-refractivity contribution is 7.17. The summed E-state index contributed by atoms with van der Waals surface area (Å²) in [5, 5.41) is 8.38. The van der Waals surface area contributed by atoms with Crippen LogP contribution in [0.3, 0.4) is 0 Å². The number of fused-ring (bicyclic) bond motifs is 1. The molecule has 3 aromatic heterocycles. The molecule has 1 saturated carbocycles. The summed E-state index contributed by atoms with van der Waals surface area (Å²) >= 11 is 1.46. The summed E-state index contributed by atoms with van der Waals surface area (Å²) < 4.78 is 2.51. The lowest BCUT2D eigenvalue weighted by atomic mass is 10.2. The Morgan fingerprint density at radius 3 is 2.93 bits per heavy atom. The molecule has 3 aromatic rings. The molecule has 0 bridgehead atoms. The van der Waals surface area contributed by atoms with Crippen LogP contribution < -0.4 is 16.2 Å². The minimum Gasteiger partial charge on any atom is -0.353 e. The zero-order chi connectivity index (χ0) is 19.0. The SMILES string of the molecule is CCn1ccc2scc(Nc3cc(NC(=O)C4CC4)ncc3C=O)c2c1=O. The maximum Gasteiger partial charge on any atom is 0.261 e. The highest BCUT2D eigenvalue weighted by atomic mass is 32.1. The number of aryl methyl sites for hydroxylation is 1. The van der Waals surface area contributed by atoms with E-state index in [1.165, 1.54) is 17.5 Å². The monoisotopic (exact) mass is 382 g/mol. The molecule has 0 radical (unpaired) electrons. The third-order valence-electron chi connectivity index (χ3n) is 4.57. The maximum absolute atomic E-state index is 12.7. The van der Waals surface area contributed by atoms with Gasteiger partial charge in [0, 0.05) is 41.0 Å². The van der Waals surface area contributed by atoms with Gasteiger partial charge in [-0.25, -0.2) is 4.98 Å². The van der Waals surface area contributed by atoms with Gasteiger partial charge in [-0.15, -0.1) is 11.3 Å². The molecule has 3 heterocycles. The normalized spacial score (nSPS) is 13.5. The fourth-order valence-corrected chi connectivity index (χ4v) is 3.76. The molecule has 8 heteroatoms. The number of hydrogen-bond acceptors (Lipinski definition) is 6. The molecule has 7 nitrogen and oxygen atoms in total. The summed E-state index contributed by atoms with van der Waals surface area (Å²) in [5.41, 5.74) is 1.40. The zero-order valence-corrected chi connectivity index (χ0v) is 15.5. The van der Waals surface area contributed by atoms with Gasteiger partial charge in [-0.05, 0) is 25.8 Å². The van der Waals surface area contributed by atoms with Crippen molar-refractivity contribution in [3.05, 3.63) is 45.8 Å². The third-order valence-corrected chi connectivity index (χ3v) is 5.52. The second kappa shape index (κ2) is 6.96. The average Bonchev–Trinajstić information content (AvgIpc) is 3.44. The van der Waals surface area contributed by atoms with E-state index in [9.17, 15) is 14.4 Å². The first-order valence-electron chi connectivity index (χ1n) is 8.74. The van der Waals surface area contributed by atoms with Crippen LogP contribution in [0.1, 0.15) is 30.1 Å². The Hall–Kier alpha value is -3.00. The number of nitrogens with one attached hydrogen (secondary N) is 2. The fourth-order valence-electron chi connectivity index (χ4n) is 2.88. The number of pyridine rings is 2. The van der Waals surface area contributed by atoms with Crippen molar-refractivity contribution < 1.29 is 9.59 Å². The van der Waals surface area contributed by atoms with E-state index >= 15 is 0 Å². The van der Waals surface area contributed by atoms with Gasteiger partial charge in [-0.2, -0.15) is 0 Å². The van der Waals surface area contributed by atoms with E-state index in [-0.39, 0.29) is 17.4 Å². The zero-order valence-electron chi connectivity index (χ0n) is 14.7. The van der Waals surface area contributed by atoms with E-state index in [0.717, 1.165) is 17.5 Å². The Bertz CT molecular complexity index is 1100. The van der Waals surface area contributed by atoms with Crippen molar-refractivity contribution in [1.82, 2.24) is 9.55 Å². The summed E-state index contributed by atoms with van der Waals surface area (Å²) in [4.78, 5) is 40.2. The van der Waals surface area contributed by atoms with Gasteiger partial charge in [0.1, 0.15) is 5.82 Å². The number of aldehydes is 1. The second-order valence-corrected chi connectivity index (χ2v) is 7.37. The van der Waals surface area contributed by atoms with Gasteiger partial charge in [-0.3, -0.25) is 14.4 Å². The molecule has 1 amide bonds. The lowest BCUT2D eigenvalue weighted by molar-refractivity contribution is -0.117. The van der Waals surface area contributed by atoms with Crippen molar-refractivity contribution in [2.45, 2.75) is 26.3 Å². The van der Waals surface area contributed by atoms with Crippen molar-refractivity contribution in [3.63, 3.8) is 0 Å². The van der Waals surface area contributed by atoms with Crippen molar-refractivity contribution >= 4 is 50.8 Å². The lowest BCUT2D eigenvalue weighted by Crippen LogP contribution is -2.18. The molecule has 0 aromatic carbocycles. The van der Waals surface area contributed by atoms with Gasteiger partial charge in [0.05, 0.1) is 22.3 Å². The Kier molecular flexibility index (Phi) is 4.49. The van der Waals surface area contributed by atoms with E-state index < -0.39 is 0 Å². The van der Waals surface area contributed by atoms with Crippen LogP contribution in [0, 0.1) is 5.92 Å². The second-order valence-electron chi connectivity index (χ2n) is 6.46. The van der Waals surface area contributed by atoms with Gasteiger partial charge < -0.3 is 15.2 Å². The Balaban J connectivity index is 1.71. The maximum atomic E-state index is 12.7. The van der Waals surface area contributed by atoms with Crippen LogP contribution in [0.4, 0.5) is 17.2 Å². The third kappa shape index (κ3) is 3.35. The number of aromatic nitrogens is 2. The predicted molar refractivity (Wildman–Crippen MR) is 106 cm³/mol. The average molecular weight is 382 g/mol. The standard InChI is InChI=1S/C19H18N4O3S/c1-2-23-6-5-15-17(19(23)26)14(10-27-15)21-13-7-16(20-8-12(13)9-24)22-18(25)11-3-4-11/h5-11H,2-4H2,1H3,(H2,20,21,22,25). The Morgan fingerprint density at radius 2 is 2.22 bits per heavy atom. The summed E-state index contributed by atoms with van der Waals surface area (Å²) in [6.07, 6.45) is 5.68. The Labute approximate surface area is 159 Å². The van der Waals surface area contributed by atoms with Crippen LogP contribution in [0.5, 0.6) is 0 Å². The van der Waals surface area contributed by atoms with Crippen LogP contribution in [0.25, 0.3) is 10.1 Å². The van der Waals surface area contributed by atoms with Crippen molar-refractivity contribution in [2.75, 3.05) is 10.6 Å². The van der Waals surface area contributed by atoms with Gasteiger partial charge in [0.15, 0.2) is 6.29 Å². The first-order valence-corrected chi connectivity index (χ1v) is 9.62. The molecule has 1 fully saturated rings. The van der Waals surface area contributed by atoms with Crippen molar-refractivity contribution in [2.24, 2.45) is 5.92 Å². The number of anilines is 3. The van der Waals surface area contributed by atoms with Crippen molar-refractivity contribution in [1.29, 1.82) is 0 Å². The summed E-state index contributed by atoms with van der Waals surface area (Å²) in [6, 6.07) is 3.53. The number of rotatable bonds is 6. The molecule has 0 aliphatic heterocycles. The van der Waals surface area contributed by atoms with E-state index in [4.69, 9.17) is 0 Å². The highest BCUT2D eigenvalue weighted by Crippen LogP contribution is 2.32. The summed E-state index contributed by atoms with van der Waals surface area (Å²) in [6.45, 7) is 2.49. The van der Waals surface area contributed by atoms with Crippen molar-refractivity contribution in [3.8, 4) is 0 Å². The molecule has 1 aliphatic rings. The minimum atomic E-state index is -0.0808. The summed E-state index contributed by atoms with van der Waals surface area (Å²) in [7, 11) is 0. The number of hydrogen-bond donors (Lipinski definition) is 2. The van der Waals surface area contributed by atoms with E-state index in [0.29, 0.717) is 41.0 Å². The van der Waals surface area contributed by atoms with E-state index in [1.807, 2.05) is 18.4 Å². The molecule has 4 rings (SSSR count). The van der Waals surface area contributed by atoms with Crippen LogP contribution in [0.2, 0.25) is 0 Å². The van der Waals surface area contributed by atoms with Gasteiger partial charge in [-0.1, -0.05) is 0 Å². The van der Waals surface area contributed by atoms with Crippen LogP contribution >= 0.6 is 11.3 Å². The molecule has 1 aliphatic carbocycles. The minimum absolute atomic E-state index is 0.0564. The number of carbonyl (C=O) groups is 2. The number of thiophene rings is 1. The van der Waals surface area contributed by atoms with E-state index in [1.54, 1.807) is 16.8 Å². The number of amides is 1. The largest absolute Gasteiger partial charge is 0.353 e. The van der Waals surface area contributed by atoms with Crippen LogP contribution in [0.15, 0.2) is 34.7 Å². The molecular weight excluding hydrogens is 364 g/mol. The highest BCUT2D eigenvalue weighted by Gasteiger charge is 2.29. The molecule has 0 atom stereocenters. The molecule has 0 spiro atoms. The van der Waals surface area contributed by atoms with Gasteiger partial charge >= 0.3 is 0 Å². The first-order chi connectivity index (χ1) is 13.1. The lowest BCUT2D eigenvalue weighted by Gasteiger charge is -2.11.